The molecule has 0 aliphatic heterocycles. The summed E-state index contributed by atoms with van der Waals surface area (Å²) in [7, 11) is -1.80. The van der Waals surface area contributed by atoms with Gasteiger partial charge in [0.25, 0.3) is 5.91 Å². The minimum absolute atomic E-state index is 0.104. The van der Waals surface area contributed by atoms with Crippen molar-refractivity contribution in [1.82, 2.24) is 5.32 Å². The number of hydrogen-bond acceptors (Lipinski definition) is 4. The third-order valence-electron chi connectivity index (χ3n) is 4.83. The molecule has 6 nitrogen and oxygen atoms in total. The van der Waals surface area contributed by atoms with Crippen molar-refractivity contribution in [2.45, 2.75) is 64.0 Å². The number of carbonyl (C=O) groups is 1. The molecule has 1 amide bonds. The SMILES string of the molecule is C[C@H](Oc1ccc(N(C)S(C)(=O)=O)cc1)C(=O)NC1CCCCCCC1. The average Bonchev–Trinajstić information content (AvgIpc) is 2.56. The fraction of sp³-hybridized carbons (Fsp3) is 0.632. The highest BCUT2D eigenvalue weighted by molar-refractivity contribution is 7.92. The van der Waals surface area contributed by atoms with Crippen LogP contribution in [-0.2, 0) is 14.8 Å². The molecule has 1 aliphatic carbocycles. The number of nitrogens with one attached hydrogen (secondary N) is 1. The lowest BCUT2D eigenvalue weighted by atomic mass is 9.96. The normalized spacial score (nSPS) is 17.7. The Balaban J connectivity index is 1.89. The quantitative estimate of drug-likeness (QED) is 0.820. The Kier molecular flexibility index (Phi) is 7.32. The van der Waals surface area contributed by atoms with Crippen LogP contribution in [0.3, 0.4) is 0 Å². The minimum Gasteiger partial charge on any atom is -0.481 e. The van der Waals surface area contributed by atoms with Gasteiger partial charge in [0.05, 0.1) is 11.9 Å². The lowest BCUT2D eigenvalue weighted by Gasteiger charge is -2.23. The van der Waals surface area contributed by atoms with E-state index < -0.39 is 16.1 Å². The van der Waals surface area contributed by atoms with Gasteiger partial charge in [0.1, 0.15) is 5.75 Å². The van der Waals surface area contributed by atoms with E-state index in [9.17, 15) is 13.2 Å². The van der Waals surface area contributed by atoms with E-state index in [1.54, 1.807) is 31.2 Å². The molecule has 1 atom stereocenters. The third kappa shape index (κ3) is 6.20. The summed E-state index contributed by atoms with van der Waals surface area (Å²) in [5.41, 5.74) is 0.548. The first-order valence-corrected chi connectivity index (χ1v) is 11.1. The van der Waals surface area contributed by atoms with Crippen molar-refractivity contribution in [3.63, 3.8) is 0 Å². The molecule has 2 rings (SSSR count). The van der Waals surface area contributed by atoms with Crippen molar-refractivity contribution in [1.29, 1.82) is 0 Å². The van der Waals surface area contributed by atoms with Crippen LogP contribution in [-0.4, -0.2) is 39.8 Å². The van der Waals surface area contributed by atoms with Gasteiger partial charge in [-0.15, -0.1) is 0 Å². The van der Waals surface area contributed by atoms with Gasteiger partial charge in [0.2, 0.25) is 10.0 Å². The van der Waals surface area contributed by atoms with Crippen molar-refractivity contribution in [2.24, 2.45) is 0 Å². The van der Waals surface area contributed by atoms with Crippen LogP contribution in [0.2, 0.25) is 0 Å². The van der Waals surface area contributed by atoms with E-state index in [2.05, 4.69) is 5.32 Å². The van der Waals surface area contributed by atoms with E-state index in [-0.39, 0.29) is 11.9 Å². The zero-order chi connectivity index (χ0) is 19.2. The average molecular weight is 383 g/mol. The van der Waals surface area contributed by atoms with Crippen LogP contribution in [0, 0.1) is 0 Å². The first kappa shape index (κ1) is 20.6. The molecular weight excluding hydrogens is 352 g/mol. The minimum atomic E-state index is -3.30. The summed E-state index contributed by atoms with van der Waals surface area (Å²) >= 11 is 0. The molecule has 146 valence electrons. The van der Waals surface area contributed by atoms with E-state index in [1.807, 2.05) is 0 Å². The summed E-state index contributed by atoms with van der Waals surface area (Å²) in [6.07, 6.45) is 8.73. The molecule has 0 spiro atoms. The molecule has 0 bridgehead atoms. The number of ether oxygens (including phenoxy) is 1. The smallest absolute Gasteiger partial charge is 0.260 e. The van der Waals surface area contributed by atoms with Crippen molar-refractivity contribution in [3.8, 4) is 5.75 Å². The van der Waals surface area contributed by atoms with Gasteiger partial charge in [-0.25, -0.2) is 8.42 Å². The molecule has 1 fully saturated rings. The van der Waals surface area contributed by atoms with Crippen LogP contribution in [0.25, 0.3) is 0 Å². The highest BCUT2D eigenvalue weighted by atomic mass is 32.2. The molecule has 0 heterocycles. The first-order valence-electron chi connectivity index (χ1n) is 9.28. The number of benzene rings is 1. The first-order chi connectivity index (χ1) is 12.3. The second-order valence-corrected chi connectivity index (χ2v) is 9.05. The molecule has 0 aromatic heterocycles. The van der Waals surface area contributed by atoms with E-state index in [0.717, 1.165) is 31.9 Å². The molecule has 0 radical (unpaired) electrons. The van der Waals surface area contributed by atoms with Crippen molar-refractivity contribution >= 4 is 21.6 Å². The van der Waals surface area contributed by atoms with Crippen molar-refractivity contribution in [2.75, 3.05) is 17.6 Å². The lowest BCUT2D eigenvalue weighted by molar-refractivity contribution is -0.128. The monoisotopic (exact) mass is 382 g/mol. The summed E-state index contributed by atoms with van der Waals surface area (Å²) in [5.74, 6) is 0.434. The fourth-order valence-corrected chi connectivity index (χ4v) is 3.61. The second-order valence-electron chi connectivity index (χ2n) is 7.04. The number of anilines is 1. The largest absolute Gasteiger partial charge is 0.481 e. The molecule has 1 N–H and O–H groups in total. The molecule has 0 saturated heterocycles. The number of carbonyl (C=O) groups excluding carboxylic acids is 1. The standard InChI is InChI=1S/C19H30N2O4S/c1-15(19(22)20-16-9-7-5-4-6-8-10-16)25-18-13-11-17(12-14-18)21(2)26(3,23)24/h11-16H,4-10H2,1-3H3,(H,20,22)/t15-/m0/s1. The number of nitrogens with zero attached hydrogens (tertiary/aromatic N) is 1. The maximum absolute atomic E-state index is 12.4. The molecule has 0 unspecified atom stereocenters. The maximum atomic E-state index is 12.4. The molecular formula is C19H30N2O4S. The van der Waals surface area contributed by atoms with Gasteiger partial charge in [0, 0.05) is 13.1 Å². The molecule has 7 heteroatoms. The molecule has 1 aliphatic rings. The predicted molar refractivity (Wildman–Crippen MR) is 104 cm³/mol. The van der Waals surface area contributed by atoms with E-state index in [1.165, 1.54) is 30.6 Å². The lowest BCUT2D eigenvalue weighted by Crippen LogP contribution is -2.42. The van der Waals surface area contributed by atoms with Crippen LogP contribution in [0.15, 0.2) is 24.3 Å². The Morgan fingerprint density at radius 3 is 2.19 bits per heavy atom. The van der Waals surface area contributed by atoms with E-state index >= 15 is 0 Å². The van der Waals surface area contributed by atoms with Gasteiger partial charge in [-0.1, -0.05) is 32.1 Å². The second kappa shape index (κ2) is 9.26. The zero-order valence-electron chi connectivity index (χ0n) is 15.9. The molecule has 1 aromatic carbocycles. The van der Waals surface area contributed by atoms with Gasteiger partial charge in [0.15, 0.2) is 6.10 Å². The van der Waals surface area contributed by atoms with Crippen molar-refractivity contribution < 1.29 is 17.9 Å². The summed E-state index contributed by atoms with van der Waals surface area (Å²) in [6, 6.07) is 6.92. The van der Waals surface area contributed by atoms with Crippen LogP contribution < -0.4 is 14.4 Å². The fourth-order valence-electron chi connectivity index (χ4n) is 3.10. The van der Waals surface area contributed by atoms with Crippen LogP contribution in [0.5, 0.6) is 5.75 Å². The molecule has 1 saturated carbocycles. The summed E-state index contributed by atoms with van der Waals surface area (Å²) < 4.78 is 30.0. The topological polar surface area (TPSA) is 75.7 Å². The summed E-state index contributed by atoms with van der Waals surface area (Å²) in [4.78, 5) is 12.4. The van der Waals surface area contributed by atoms with Crippen LogP contribution >= 0.6 is 0 Å². The zero-order valence-corrected chi connectivity index (χ0v) is 16.7. The Hall–Kier alpha value is -1.76. The van der Waals surface area contributed by atoms with Gasteiger partial charge < -0.3 is 10.1 Å². The van der Waals surface area contributed by atoms with Gasteiger partial charge in [-0.05, 0) is 44.0 Å². The van der Waals surface area contributed by atoms with Crippen molar-refractivity contribution in [3.05, 3.63) is 24.3 Å². The summed E-state index contributed by atoms with van der Waals surface area (Å²) in [5, 5.41) is 3.10. The number of rotatable bonds is 6. The molecule has 1 aromatic rings. The Morgan fingerprint density at radius 1 is 1.12 bits per heavy atom. The maximum Gasteiger partial charge on any atom is 0.260 e. The summed E-state index contributed by atoms with van der Waals surface area (Å²) in [6.45, 7) is 1.73. The predicted octanol–water partition coefficient (Wildman–Crippen LogP) is 3.08. The number of sulfonamides is 1. The van der Waals surface area contributed by atoms with E-state index in [0.29, 0.717) is 11.4 Å². The van der Waals surface area contributed by atoms with Crippen LogP contribution in [0.1, 0.15) is 51.9 Å². The van der Waals surface area contributed by atoms with Gasteiger partial charge >= 0.3 is 0 Å². The van der Waals surface area contributed by atoms with Gasteiger partial charge in [-0.2, -0.15) is 0 Å². The van der Waals surface area contributed by atoms with E-state index in [4.69, 9.17) is 4.74 Å². The Bertz CT molecular complexity index is 680. The van der Waals surface area contributed by atoms with Gasteiger partial charge in [-0.3, -0.25) is 9.10 Å². The highest BCUT2D eigenvalue weighted by Crippen LogP contribution is 2.21. The third-order valence-corrected chi connectivity index (χ3v) is 6.04. The Morgan fingerprint density at radius 2 is 1.65 bits per heavy atom. The molecule has 26 heavy (non-hydrogen) atoms. The number of hydrogen-bond donors (Lipinski definition) is 1. The number of amides is 1. The highest BCUT2D eigenvalue weighted by Gasteiger charge is 2.20. The van der Waals surface area contributed by atoms with Crippen LogP contribution in [0.4, 0.5) is 5.69 Å². The Labute approximate surface area is 157 Å².